The predicted octanol–water partition coefficient (Wildman–Crippen LogP) is 4.55. The first kappa shape index (κ1) is 17.5. The van der Waals surface area contributed by atoms with E-state index in [0.29, 0.717) is 22.0 Å². The van der Waals surface area contributed by atoms with Crippen molar-refractivity contribution in [1.29, 1.82) is 0 Å². The molecule has 6 heteroatoms. The summed E-state index contributed by atoms with van der Waals surface area (Å²) in [6.07, 6.45) is 0. The molecule has 3 rings (SSSR count). The molecule has 0 radical (unpaired) electrons. The largest absolute Gasteiger partial charge is 0.507 e. The topological polar surface area (TPSA) is 78.4 Å². The van der Waals surface area contributed by atoms with Crippen LogP contribution in [0.15, 0.2) is 72.8 Å². The molecule has 3 N–H and O–H groups in total. The van der Waals surface area contributed by atoms with E-state index in [1.807, 2.05) is 18.2 Å². The monoisotopic (exact) mass is 366 g/mol. The normalized spacial score (nSPS) is 10.2. The van der Waals surface area contributed by atoms with E-state index in [2.05, 4.69) is 10.6 Å². The van der Waals surface area contributed by atoms with Gasteiger partial charge in [0.05, 0.1) is 5.56 Å². The number of rotatable bonds is 4. The standard InChI is InChI=1S/C20H15ClN2O3/c21-14-8-11-18(24)17(12-14)20(26)23-16-9-6-13(7-10-16)19(25)22-15-4-2-1-3-5-15/h1-12,24H,(H,22,25)(H,23,26). The summed E-state index contributed by atoms with van der Waals surface area (Å²) in [6.45, 7) is 0. The van der Waals surface area contributed by atoms with Crippen molar-refractivity contribution in [2.24, 2.45) is 0 Å². The summed E-state index contributed by atoms with van der Waals surface area (Å²) in [5.41, 5.74) is 1.72. The van der Waals surface area contributed by atoms with Crippen LogP contribution in [0.3, 0.4) is 0 Å². The van der Waals surface area contributed by atoms with Gasteiger partial charge in [-0.05, 0) is 54.6 Å². The summed E-state index contributed by atoms with van der Waals surface area (Å²) >= 11 is 5.85. The molecule has 0 bridgehead atoms. The number of hydrogen-bond acceptors (Lipinski definition) is 3. The van der Waals surface area contributed by atoms with Gasteiger partial charge in [0.2, 0.25) is 0 Å². The van der Waals surface area contributed by atoms with Crippen molar-refractivity contribution in [3.05, 3.63) is 88.9 Å². The maximum absolute atomic E-state index is 12.2. The first-order chi connectivity index (χ1) is 12.5. The lowest BCUT2D eigenvalue weighted by Gasteiger charge is -2.09. The van der Waals surface area contributed by atoms with E-state index in [1.54, 1.807) is 36.4 Å². The second-order valence-corrected chi connectivity index (χ2v) is 5.95. The molecule has 0 aromatic heterocycles. The average molecular weight is 367 g/mol. The number of phenolic OH excluding ortho intramolecular Hbond substituents is 1. The van der Waals surface area contributed by atoms with Crippen LogP contribution in [-0.4, -0.2) is 16.9 Å². The van der Waals surface area contributed by atoms with Gasteiger partial charge >= 0.3 is 0 Å². The molecule has 0 aliphatic carbocycles. The number of aromatic hydroxyl groups is 1. The number of para-hydroxylation sites is 1. The van der Waals surface area contributed by atoms with E-state index in [4.69, 9.17) is 11.6 Å². The van der Waals surface area contributed by atoms with Gasteiger partial charge in [0, 0.05) is 22.0 Å². The van der Waals surface area contributed by atoms with E-state index >= 15 is 0 Å². The highest BCUT2D eigenvalue weighted by Gasteiger charge is 2.12. The number of hydrogen-bond donors (Lipinski definition) is 3. The van der Waals surface area contributed by atoms with Crippen molar-refractivity contribution < 1.29 is 14.7 Å². The molecule has 0 fully saturated rings. The van der Waals surface area contributed by atoms with Crippen molar-refractivity contribution in [3.8, 4) is 5.75 Å². The van der Waals surface area contributed by atoms with Gasteiger partial charge in [-0.3, -0.25) is 9.59 Å². The lowest BCUT2D eigenvalue weighted by molar-refractivity contribution is 0.101. The first-order valence-corrected chi connectivity index (χ1v) is 8.17. The van der Waals surface area contributed by atoms with E-state index < -0.39 is 5.91 Å². The molecule has 0 saturated heterocycles. The SMILES string of the molecule is O=C(Nc1ccccc1)c1ccc(NC(=O)c2cc(Cl)ccc2O)cc1. The van der Waals surface area contributed by atoms with Crippen molar-refractivity contribution >= 4 is 34.8 Å². The summed E-state index contributed by atoms with van der Waals surface area (Å²) in [5, 5.41) is 15.6. The second-order valence-electron chi connectivity index (χ2n) is 5.51. The summed E-state index contributed by atoms with van der Waals surface area (Å²) in [6, 6.07) is 19.8. The number of amides is 2. The Hall–Kier alpha value is -3.31. The third-order valence-electron chi connectivity index (χ3n) is 3.64. The second kappa shape index (κ2) is 7.72. The number of anilines is 2. The molecule has 5 nitrogen and oxygen atoms in total. The van der Waals surface area contributed by atoms with Crippen LogP contribution in [-0.2, 0) is 0 Å². The molecule has 130 valence electrons. The summed E-state index contributed by atoms with van der Waals surface area (Å²) in [4.78, 5) is 24.4. The molecule has 0 spiro atoms. The maximum Gasteiger partial charge on any atom is 0.259 e. The quantitative estimate of drug-likeness (QED) is 0.633. The van der Waals surface area contributed by atoms with E-state index in [9.17, 15) is 14.7 Å². The number of halogens is 1. The Morgan fingerprint density at radius 1 is 0.769 bits per heavy atom. The van der Waals surface area contributed by atoms with Gasteiger partial charge in [0.15, 0.2) is 0 Å². The molecule has 3 aromatic carbocycles. The first-order valence-electron chi connectivity index (χ1n) is 7.79. The van der Waals surface area contributed by atoms with E-state index in [1.165, 1.54) is 18.2 Å². The van der Waals surface area contributed by atoms with Gasteiger partial charge in [-0.15, -0.1) is 0 Å². The predicted molar refractivity (Wildman–Crippen MR) is 102 cm³/mol. The number of carbonyl (C=O) groups is 2. The average Bonchev–Trinajstić information content (AvgIpc) is 2.65. The smallest absolute Gasteiger partial charge is 0.259 e. The van der Waals surface area contributed by atoms with Gasteiger partial charge in [-0.2, -0.15) is 0 Å². The summed E-state index contributed by atoms with van der Waals surface area (Å²) in [5.74, 6) is -0.904. The zero-order valence-electron chi connectivity index (χ0n) is 13.6. The number of nitrogens with one attached hydrogen (secondary N) is 2. The number of benzene rings is 3. The zero-order chi connectivity index (χ0) is 18.5. The van der Waals surface area contributed by atoms with Gasteiger partial charge in [-0.25, -0.2) is 0 Å². The van der Waals surface area contributed by atoms with Crippen molar-refractivity contribution in [2.45, 2.75) is 0 Å². The van der Waals surface area contributed by atoms with E-state index in [0.717, 1.165) is 0 Å². The third-order valence-corrected chi connectivity index (χ3v) is 3.87. The van der Waals surface area contributed by atoms with Crippen molar-refractivity contribution in [3.63, 3.8) is 0 Å². The van der Waals surface area contributed by atoms with Crippen LogP contribution in [0.1, 0.15) is 20.7 Å². The van der Waals surface area contributed by atoms with Crippen LogP contribution in [0.25, 0.3) is 0 Å². The molecular weight excluding hydrogens is 352 g/mol. The molecule has 0 aliphatic rings. The highest BCUT2D eigenvalue weighted by Crippen LogP contribution is 2.23. The lowest BCUT2D eigenvalue weighted by atomic mass is 10.1. The van der Waals surface area contributed by atoms with Crippen LogP contribution < -0.4 is 10.6 Å². The Bertz CT molecular complexity index is 941. The van der Waals surface area contributed by atoms with Crippen LogP contribution in [0, 0.1) is 0 Å². The Balaban J connectivity index is 1.68. The minimum Gasteiger partial charge on any atom is -0.507 e. The highest BCUT2D eigenvalue weighted by molar-refractivity contribution is 6.31. The fourth-order valence-electron chi connectivity index (χ4n) is 2.32. The summed E-state index contributed by atoms with van der Waals surface area (Å²) < 4.78 is 0. The Morgan fingerprint density at radius 2 is 1.38 bits per heavy atom. The molecule has 0 atom stereocenters. The molecule has 26 heavy (non-hydrogen) atoms. The van der Waals surface area contributed by atoms with Crippen LogP contribution in [0.4, 0.5) is 11.4 Å². The number of carbonyl (C=O) groups excluding carboxylic acids is 2. The van der Waals surface area contributed by atoms with E-state index in [-0.39, 0.29) is 17.2 Å². The number of phenols is 1. The minimum absolute atomic E-state index is 0.0726. The maximum atomic E-state index is 12.2. The fraction of sp³-hybridized carbons (Fsp3) is 0. The Morgan fingerprint density at radius 3 is 2.08 bits per heavy atom. The van der Waals surface area contributed by atoms with Crippen molar-refractivity contribution in [1.82, 2.24) is 0 Å². The van der Waals surface area contributed by atoms with Crippen molar-refractivity contribution in [2.75, 3.05) is 10.6 Å². The van der Waals surface area contributed by atoms with Crippen LogP contribution in [0.5, 0.6) is 5.75 Å². The molecule has 0 saturated carbocycles. The molecular formula is C20H15ClN2O3. The Kier molecular flexibility index (Phi) is 5.20. The van der Waals surface area contributed by atoms with Gasteiger partial charge in [-0.1, -0.05) is 29.8 Å². The molecule has 2 amide bonds. The molecule has 0 aliphatic heterocycles. The van der Waals surface area contributed by atoms with Crippen LogP contribution in [0.2, 0.25) is 5.02 Å². The minimum atomic E-state index is -0.494. The highest BCUT2D eigenvalue weighted by atomic mass is 35.5. The van der Waals surface area contributed by atoms with Gasteiger partial charge in [0.25, 0.3) is 11.8 Å². The van der Waals surface area contributed by atoms with Gasteiger partial charge in [0.1, 0.15) is 5.75 Å². The van der Waals surface area contributed by atoms with Crippen LogP contribution >= 0.6 is 11.6 Å². The third kappa shape index (κ3) is 4.20. The zero-order valence-corrected chi connectivity index (χ0v) is 14.3. The van der Waals surface area contributed by atoms with Gasteiger partial charge < -0.3 is 15.7 Å². The molecule has 0 unspecified atom stereocenters. The molecule has 3 aromatic rings. The molecule has 0 heterocycles. The fourth-order valence-corrected chi connectivity index (χ4v) is 2.49. The summed E-state index contributed by atoms with van der Waals surface area (Å²) in [7, 11) is 0. The Labute approximate surface area is 155 Å². The lowest BCUT2D eigenvalue weighted by Crippen LogP contribution is -2.13.